The van der Waals surface area contributed by atoms with Gasteiger partial charge < -0.3 is 4.90 Å². The molecule has 0 amide bonds. The van der Waals surface area contributed by atoms with Crippen LogP contribution in [0.3, 0.4) is 0 Å². The van der Waals surface area contributed by atoms with Gasteiger partial charge in [0.15, 0.2) is 0 Å². The SMILES string of the molecule is Cn1nnnc1N1CCC(C)(C)C1. The summed E-state index contributed by atoms with van der Waals surface area (Å²) in [5.41, 5.74) is 0.395. The molecule has 0 saturated carbocycles. The second kappa shape index (κ2) is 2.68. The molecule has 72 valence electrons. The summed E-state index contributed by atoms with van der Waals surface area (Å²) >= 11 is 0. The summed E-state index contributed by atoms with van der Waals surface area (Å²) in [4.78, 5) is 2.24. The first kappa shape index (κ1) is 8.47. The number of hydrogen-bond donors (Lipinski definition) is 0. The first-order valence-electron chi connectivity index (χ1n) is 4.56. The van der Waals surface area contributed by atoms with Crippen LogP contribution in [-0.4, -0.2) is 33.3 Å². The van der Waals surface area contributed by atoms with Crippen LogP contribution in [0.15, 0.2) is 0 Å². The molecule has 0 bridgehead atoms. The fraction of sp³-hybridized carbons (Fsp3) is 0.875. The fourth-order valence-electron chi connectivity index (χ4n) is 1.78. The molecule has 0 radical (unpaired) electrons. The number of aromatic nitrogens is 4. The van der Waals surface area contributed by atoms with Crippen LogP contribution in [0.4, 0.5) is 5.95 Å². The van der Waals surface area contributed by atoms with Crippen molar-refractivity contribution >= 4 is 5.95 Å². The summed E-state index contributed by atoms with van der Waals surface area (Å²) in [6.07, 6.45) is 1.21. The summed E-state index contributed by atoms with van der Waals surface area (Å²) in [5.74, 6) is 0.880. The van der Waals surface area contributed by atoms with Gasteiger partial charge in [-0.1, -0.05) is 18.9 Å². The molecule has 13 heavy (non-hydrogen) atoms. The second-order valence-corrected chi connectivity index (χ2v) is 4.44. The van der Waals surface area contributed by atoms with Gasteiger partial charge in [0.2, 0.25) is 5.95 Å². The zero-order valence-electron chi connectivity index (χ0n) is 8.36. The molecule has 1 aromatic heterocycles. The van der Waals surface area contributed by atoms with Crippen LogP contribution in [0.5, 0.6) is 0 Å². The van der Waals surface area contributed by atoms with E-state index in [1.807, 2.05) is 7.05 Å². The Kier molecular flexibility index (Phi) is 1.75. The van der Waals surface area contributed by atoms with E-state index in [1.165, 1.54) is 6.42 Å². The van der Waals surface area contributed by atoms with Gasteiger partial charge in [-0.15, -0.1) is 0 Å². The van der Waals surface area contributed by atoms with E-state index in [2.05, 4.69) is 34.3 Å². The molecule has 1 aliphatic rings. The molecule has 1 saturated heterocycles. The maximum atomic E-state index is 3.99. The van der Waals surface area contributed by atoms with E-state index in [0.29, 0.717) is 5.41 Å². The third-order valence-corrected chi connectivity index (χ3v) is 2.56. The van der Waals surface area contributed by atoms with Gasteiger partial charge >= 0.3 is 0 Å². The minimum atomic E-state index is 0.395. The first-order chi connectivity index (χ1) is 6.08. The maximum absolute atomic E-state index is 3.99. The number of nitrogens with zero attached hydrogens (tertiary/aromatic N) is 5. The van der Waals surface area contributed by atoms with Gasteiger partial charge in [-0.2, -0.15) is 0 Å². The normalized spacial score (nSPS) is 21.0. The number of tetrazole rings is 1. The van der Waals surface area contributed by atoms with Crippen LogP contribution in [0.1, 0.15) is 20.3 Å². The minimum absolute atomic E-state index is 0.395. The predicted octanol–water partition coefficient (Wildman–Crippen LogP) is 0.446. The Hall–Kier alpha value is -1.13. The van der Waals surface area contributed by atoms with Crippen molar-refractivity contribution in [2.24, 2.45) is 12.5 Å². The van der Waals surface area contributed by atoms with Crippen molar-refractivity contribution in [3.63, 3.8) is 0 Å². The molecule has 0 N–H and O–H groups in total. The lowest BCUT2D eigenvalue weighted by atomic mass is 9.93. The molecule has 0 atom stereocenters. The number of hydrogen-bond acceptors (Lipinski definition) is 4. The highest BCUT2D eigenvalue weighted by atomic mass is 15.6. The molecule has 0 aliphatic carbocycles. The Morgan fingerprint density at radius 1 is 1.38 bits per heavy atom. The van der Waals surface area contributed by atoms with Crippen molar-refractivity contribution in [1.29, 1.82) is 0 Å². The topological polar surface area (TPSA) is 46.8 Å². The molecule has 1 aliphatic heterocycles. The van der Waals surface area contributed by atoms with E-state index in [9.17, 15) is 0 Å². The highest BCUT2D eigenvalue weighted by Gasteiger charge is 2.31. The van der Waals surface area contributed by atoms with Gasteiger partial charge in [0.25, 0.3) is 0 Å². The highest BCUT2D eigenvalue weighted by molar-refractivity contribution is 5.30. The van der Waals surface area contributed by atoms with Crippen molar-refractivity contribution in [3.05, 3.63) is 0 Å². The summed E-state index contributed by atoms with van der Waals surface area (Å²) in [5, 5.41) is 11.4. The van der Waals surface area contributed by atoms with Gasteiger partial charge in [-0.05, 0) is 22.3 Å². The zero-order chi connectivity index (χ0) is 9.47. The van der Waals surface area contributed by atoms with Crippen molar-refractivity contribution in [1.82, 2.24) is 20.2 Å². The third kappa shape index (κ3) is 1.50. The predicted molar refractivity (Wildman–Crippen MR) is 49.4 cm³/mol. The van der Waals surface area contributed by atoms with Crippen molar-refractivity contribution in [3.8, 4) is 0 Å². The molecule has 0 unspecified atom stereocenters. The Bertz CT molecular complexity index is 303. The lowest BCUT2D eigenvalue weighted by Crippen LogP contribution is -2.25. The molecule has 2 heterocycles. The van der Waals surface area contributed by atoms with Gasteiger partial charge in [-0.25, -0.2) is 4.68 Å². The molecular weight excluding hydrogens is 166 g/mol. The van der Waals surface area contributed by atoms with Crippen molar-refractivity contribution < 1.29 is 0 Å². The molecule has 0 spiro atoms. The van der Waals surface area contributed by atoms with Crippen LogP contribution in [0.25, 0.3) is 0 Å². The molecule has 5 nitrogen and oxygen atoms in total. The van der Waals surface area contributed by atoms with E-state index in [1.54, 1.807) is 4.68 Å². The van der Waals surface area contributed by atoms with Crippen molar-refractivity contribution in [2.75, 3.05) is 18.0 Å². The largest absolute Gasteiger partial charge is 0.339 e. The van der Waals surface area contributed by atoms with E-state index < -0.39 is 0 Å². The highest BCUT2D eigenvalue weighted by Crippen LogP contribution is 2.30. The molecule has 1 fully saturated rings. The van der Waals surface area contributed by atoms with Gasteiger partial charge in [0, 0.05) is 20.1 Å². The second-order valence-electron chi connectivity index (χ2n) is 4.44. The van der Waals surface area contributed by atoms with Crippen LogP contribution in [-0.2, 0) is 7.05 Å². The number of aryl methyl sites for hydroxylation is 1. The average Bonchev–Trinajstić information content (AvgIpc) is 2.56. The first-order valence-corrected chi connectivity index (χ1v) is 4.56. The van der Waals surface area contributed by atoms with Gasteiger partial charge in [-0.3, -0.25) is 0 Å². The van der Waals surface area contributed by atoms with E-state index >= 15 is 0 Å². The monoisotopic (exact) mass is 181 g/mol. The van der Waals surface area contributed by atoms with E-state index in [4.69, 9.17) is 0 Å². The Morgan fingerprint density at radius 2 is 2.15 bits per heavy atom. The van der Waals surface area contributed by atoms with Crippen molar-refractivity contribution in [2.45, 2.75) is 20.3 Å². The van der Waals surface area contributed by atoms with Crippen LogP contribution in [0.2, 0.25) is 0 Å². The summed E-state index contributed by atoms with van der Waals surface area (Å²) < 4.78 is 1.72. The molecular formula is C8H15N5. The lowest BCUT2D eigenvalue weighted by Gasteiger charge is -2.19. The Labute approximate surface area is 77.7 Å². The zero-order valence-corrected chi connectivity index (χ0v) is 8.36. The fourth-order valence-corrected chi connectivity index (χ4v) is 1.78. The molecule has 0 aromatic carbocycles. The molecule has 5 heteroatoms. The molecule has 1 aromatic rings. The summed E-state index contributed by atoms with van der Waals surface area (Å²) in [6.45, 7) is 6.65. The van der Waals surface area contributed by atoms with Gasteiger partial charge in [0.05, 0.1) is 0 Å². The number of anilines is 1. The third-order valence-electron chi connectivity index (χ3n) is 2.56. The molecule has 2 rings (SSSR count). The maximum Gasteiger partial charge on any atom is 0.245 e. The Balaban J connectivity index is 2.17. The van der Waals surface area contributed by atoms with Gasteiger partial charge in [0.1, 0.15) is 0 Å². The summed E-state index contributed by atoms with van der Waals surface area (Å²) in [6, 6.07) is 0. The lowest BCUT2D eigenvalue weighted by molar-refractivity contribution is 0.418. The summed E-state index contributed by atoms with van der Waals surface area (Å²) in [7, 11) is 1.88. The number of rotatable bonds is 1. The average molecular weight is 181 g/mol. The standard InChI is InChI=1S/C8H15N5/c1-8(2)4-5-13(6-8)7-9-10-11-12(7)3/h4-6H2,1-3H3. The quantitative estimate of drug-likeness (QED) is 0.631. The van der Waals surface area contributed by atoms with Crippen LogP contribution in [0, 0.1) is 5.41 Å². The minimum Gasteiger partial charge on any atom is -0.339 e. The van der Waals surface area contributed by atoms with Crippen LogP contribution >= 0.6 is 0 Å². The van der Waals surface area contributed by atoms with Crippen LogP contribution < -0.4 is 4.90 Å². The smallest absolute Gasteiger partial charge is 0.245 e. The Morgan fingerprint density at radius 3 is 2.62 bits per heavy atom. The van der Waals surface area contributed by atoms with E-state index in [-0.39, 0.29) is 0 Å². The van der Waals surface area contributed by atoms with E-state index in [0.717, 1.165) is 19.0 Å².